The van der Waals surface area contributed by atoms with Crippen LogP contribution >= 0.6 is 0 Å². The lowest BCUT2D eigenvalue weighted by atomic mass is 10.3. The second-order valence-corrected chi connectivity index (χ2v) is 4.09. The number of hydrogen-bond acceptors (Lipinski definition) is 6. The Morgan fingerprint density at radius 2 is 2.29 bits per heavy atom. The van der Waals surface area contributed by atoms with E-state index < -0.39 is 0 Å². The molecule has 94 valence electrons. The highest BCUT2D eigenvalue weighted by molar-refractivity contribution is 5.52. The van der Waals surface area contributed by atoms with Crippen LogP contribution in [0.25, 0.3) is 0 Å². The molecule has 1 aromatic heterocycles. The van der Waals surface area contributed by atoms with E-state index in [1.54, 1.807) is 0 Å². The van der Waals surface area contributed by atoms with Crippen molar-refractivity contribution in [3.63, 3.8) is 0 Å². The van der Waals surface area contributed by atoms with E-state index >= 15 is 0 Å². The molecule has 0 spiro atoms. The second-order valence-electron chi connectivity index (χ2n) is 4.09. The molecule has 1 fully saturated rings. The van der Waals surface area contributed by atoms with Crippen LogP contribution in [0.1, 0.15) is 13.3 Å². The molecule has 0 bridgehead atoms. The zero-order chi connectivity index (χ0) is 12.1. The number of anilines is 3. The van der Waals surface area contributed by atoms with Crippen molar-refractivity contribution >= 4 is 17.6 Å². The smallest absolute Gasteiger partial charge is 0.223 e. The number of rotatable bonds is 3. The first-order valence-corrected chi connectivity index (χ1v) is 6.13. The Labute approximate surface area is 102 Å². The van der Waals surface area contributed by atoms with Crippen LogP contribution in [0.3, 0.4) is 0 Å². The fourth-order valence-electron chi connectivity index (χ4n) is 1.96. The zero-order valence-corrected chi connectivity index (χ0v) is 10.2. The van der Waals surface area contributed by atoms with Crippen LogP contribution in [0.2, 0.25) is 0 Å². The third-order valence-corrected chi connectivity index (χ3v) is 2.75. The summed E-state index contributed by atoms with van der Waals surface area (Å²) in [5.74, 6) is 2.04. The number of aromatic nitrogens is 2. The van der Waals surface area contributed by atoms with Crippen LogP contribution in [0.4, 0.5) is 17.6 Å². The van der Waals surface area contributed by atoms with Gasteiger partial charge in [0.1, 0.15) is 11.6 Å². The SMILES string of the molecule is CCNc1cc(N2CCCNCC2)nc(N)n1. The quantitative estimate of drug-likeness (QED) is 0.700. The minimum absolute atomic E-state index is 0.329. The highest BCUT2D eigenvalue weighted by Gasteiger charge is 2.12. The molecule has 0 unspecified atom stereocenters. The fourth-order valence-corrected chi connectivity index (χ4v) is 1.96. The molecule has 0 aliphatic carbocycles. The van der Waals surface area contributed by atoms with Crippen molar-refractivity contribution in [2.45, 2.75) is 13.3 Å². The molecule has 4 N–H and O–H groups in total. The Balaban J connectivity index is 2.17. The molecule has 6 heteroatoms. The van der Waals surface area contributed by atoms with E-state index in [4.69, 9.17) is 5.73 Å². The minimum Gasteiger partial charge on any atom is -0.370 e. The van der Waals surface area contributed by atoms with E-state index in [-0.39, 0.29) is 0 Å². The van der Waals surface area contributed by atoms with Crippen LogP contribution in [0, 0.1) is 0 Å². The summed E-state index contributed by atoms with van der Waals surface area (Å²) >= 11 is 0. The maximum atomic E-state index is 5.73. The number of nitrogen functional groups attached to an aromatic ring is 1. The molecule has 1 saturated heterocycles. The van der Waals surface area contributed by atoms with Gasteiger partial charge in [0.25, 0.3) is 0 Å². The first kappa shape index (κ1) is 11.9. The van der Waals surface area contributed by atoms with Gasteiger partial charge in [-0.15, -0.1) is 0 Å². The Hall–Kier alpha value is -1.56. The molecule has 17 heavy (non-hydrogen) atoms. The van der Waals surface area contributed by atoms with Crippen LogP contribution in [0.5, 0.6) is 0 Å². The van der Waals surface area contributed by atoms with Gasteiger partial charge in [-0.25, -0.2) is 0 Å². The van der Waals surface area contributed by atoms with Crippen molar-refractivity contribution in [1.29, 1.82) is 0 Å². The van der Waals surface area contributed by atoms with Crippen molar-refractivity contribution in [3.05, 3.63) is 6.07 Å². The van der Waals surface area contributed by atoms with Gasteiger partial charge in [0, 0.05) is 32.2 Å². The van der Waals surface area contributed by atoms with Gasteiger partial charge in [0.15, 0.2) is 0 Å². The number of hydrogen-bond donors (Lipinski definition) is 3. The van der Waals surface area contributed by atoms with E-state index in [1.165, 1.54) is 0 Å². The molecule has 0 amide bonds. The topological polar surface area (TPSA) is 79.1 Å². The summed E-state index contributed by atoms with van der Waals surface area (Å²) in [6.07, 6.45) is 1.13. The Bertz CT molecular complexity index is 359. The molecular weight excluding hydrogens is 216 g/mol. The maximum absolute atomic E-state index is 5.73. The van der Waals surface area contributed by atoms with Crippen LogP contribution < -0.4 is 21.3 Å². The summed E-state index contributed by atoms with van der Waals surface area (Å²) in [7, 11) is 0. The molecule has 0 saturated carbocycles. The average Bonchev–Trinajstić information content (AvgIpc) is 2.57. The van der Waals surface area contributed by atoms with E-state index in [0.29, 0.717) is 5.95 Å². The predicted octanol–water partition coefficient (Wildman–Crippen LogP) is 0.290. The molecule has 0 aromatic carbocycles. The molecule has 0 radical (unpaired) electrons. The van der Waals surface area contributed by atoms with E-state index in [9.17, 15) is 0 Å². The average molecular weight is 236 g/mol. The van der Waals surface area contributed by atoms with Crippen molar-refractivity contribution < 1.29 is 0 Å². The summed E-state index contributed by atoms with van der Waals surface area (Å²) in [6.45, 7) is 6.89. The Morgan fingerprint density at radius 3 is 3.12 bits per heavy atom. The molecule has 2 rings (SSSR count). The van der Waals surface area contributed by atoms with Crippen molar-refractivity contribution in [2.24, 2.45) is 0 Å². The highest BCUT2D eigenvalue weighted by Crippen LogP contribution is 2.17. The molecule has 0 atom stereocenters. The molecule has 1 aliphatic rings. The number of nitrogens with two attached hydrogens (primary N) is 1. The van der Waals surface area contributed by atoms with Gasteiger partial charge in [0.05, 0.1) is 0 Å². The van der Waals surface area contributed by atoms with Gasteiger partial charge >= 0.3 is 0 Å². The summed E-state index contributed by atoms with van der Waals surface area (Å²) in [5, 5.41) is 6.54. The van der Waals surface area contributed by atoms with Gasteiger partial charge in [-0.05, 0) is 19.9 Å². The van der Waals surface area contributed by atoms with E-state index in [0.717, 1.165) is 50.8 Å². The monoisotopic (exact) mass is 236 g/mol. The Kier molecular flexibility index (Phi) is 3.98. The second kappa shape index (κ2) is 5.67. The van der Waals surface area contributed by atoms with Crippen molar-refractivity contribution in [2.75, 3.05) is 48.7 Å². The maximum Gasteiger partial charge on any atom is 0.223 e. The molecule has 6 nitrogen and oxygen atoms in total. The lowest BCUT2D eigenvalue weighted by Gasteiger charge is -2.21. The lowest BCUT2D eigenvalue weighted by Crippen LogP contribution is -2.29. The van der Waals surface area contributed by atoms with E-state index in [2.05, 4.69) is 25.5 Å². The van der Waals surface area contributed by atoms with Crippen LogP contribution in [0.15, 0.2) is 6.07 Å². The van der Waals surface area contributed by atoms with Gasteiger partial charge < -0.3 is 21.3 Å². The first-order chi connectivity index (χ1) is 8.29. The standard InChI is InChI=1S/C11H20N6/c1-2-14-9-8-10(16-11(12)15-9)17-6-3-4-13-5-7-17/h8,13H,2-7H2,1H3,(H3,12,14,15,16). The van der Waals surface area contributed by atoms with Crippen LogP contribution in [-0.2, 0) is 0 Å². The summed E-state index contributed by atoms with van der Waals surface area (Å²) < 4.78 is 0. The first-order valence-electron chi connectivity index (χ1n) is 6.13. The fraction of sp³-hybridized carbons (Fsp3) is 0.636. The summed E-state index contributed by atoms with van der Waals surface area (Å²) in [6, 6.07) is 1.96. The van der Waals surface area contributed by atoms with E-state index in [1.807, 2.05) is 13.0 Å². The van der Waals surface area contributed by atoms with Gasteiger partial charge in [-0.3, -0.25) is 0 Å². The van der Waals surface area contributed by atoms with Gasteiger partial charge in [-0.1, -0.05) is 0 Å². The molecular formula is C11H20N6. The zero-order valence-electron chi connectivity index (χ0n) is 10.2. The Morgan fingerprint density at radius 1 is 1.41 bits per heavy atom. The highest BCUT2D eigenvalue weighted by atomic mass is 15.2. The van der Waals surface area contributed by atoms with Gasteiger partial charge in [-0.2, -0.15) is 9.97 Å². The third-order valence-electron chi connectivity index (χ3n) is 2.75. The molecule has 2 heterocycles. The normalized spacial score (nSPS) is 16.6. The molecule has 1 aromatic rings. The summed E-state index contributed by atoms with van der Waals surface area (Å²) in [5.41, 5.74) is 5.73. The van der Waals surface area contributed by atoms with Crippen molar-refractivity contribution in [1.82, 2.24) is 15.3 Å². The lowest BCUT2D eigenvalue weighted by molar-refractivity contribution is 0.724. The minimum atomic E-state index is 0.329. The van der Waals surface area contributed by atoms with Crippen molar-refractivity contribution in [3.8, 4) is 0 Å². The van der Waals surface area contributed by atoms with Gasteiger partial charge in [0.2, 0.25) is 5.95 Å². The number of nitrogens with one attached hydrogen (secondary N) is 2. The largest absolute Gasteiger partial charge is 0.370 e. The van der Waals surface area contributed by atoms with Crippen LogP contribution in [-0.4, -0.2) is 42.7 Å². The summed E-state index contributed by atoms with van der Waals surface area (Å²) in [4.78, 5) is 10.7. The molecule has 1 aliphatic heterocycles. The third kappa shape index (κ3) is 3.20. The predicted molar refractivity (Wildman–Crippen MR) is 70.3 cm³/mol. The number of nitrogens with zero attached hydrogens (tertiary/aromatic N) is 3.